The van der Waals surface area contributed by atoms with Crippen molar-refractivity contribution in [2.45, 2.75) is 19.8 Å². The maximum atomic E-state index is 13.2. The zero-order valence-electron chi connectivity index (χ0n) is 14.3. The molecular formula is C19H19N3O3. The fraction of sp³-hybridized carbons (Fsp3) is 0.211. The van der Waals surface area contributed by atoms with Gasteiger partial charge in [0.15, 0.2) is 0 Å². The van der Waals surface area contributed by atoms with E-state index < -0.39 is 11.8 Å². The van der Waals surface area contributed by atoms with Gasteiger partial charge in [0.2, 0.25) is 5.91 Å². The third kappa shape index (κ3) is 2.87. The molecule has 1 aromatic heterocycles. The summed E-state index contributed by atoms with van der Waals surface area (Å²) in [6.45, 7) is 3.51. The molecule has 0 spiro atoms. The van der Waals surface area contributed by atoms with Crippen molar-refractivity contribution in [2.24, 2.45) is 5.73 Å². The molecule has 0 bridgehead atoms. The molecule has 6 nitrogen and oxygen atoms in total. The van der Waals surface area contributed by atoms with Crippen LogP contribution in [-0.4, -0.2) is 22.6 Å². The van der Waals surface area contributed by atoms with Gasteiger partial charge in [-0.15, -0.1) is 0 Å². The van der Waals surface area contributed by atoms with Gasteiger partial charge in [0.1, 0.15) is 11.6 Å². The number of carbonyl (C=O) groups is 1. The van der Waals surface area contributed by atoms with Crippen molar-refractivity contribution in [3.05, 3.63) is 64.2 Å². The number of nitrogens with zero attached hydrogens (tertiary/aromatic N) is 2. The number of hydrogen-bond acceptors (Lipinski definition) is 4. The fourth-order valence-corrected chi connectivity index (χ4v) is 2.81. The van der Waals surface area contributed by atoms with Gasteiger partial charge >= 0.3 is 0 Å². The molecule has 1 heterocycles. The summed E-state index contributed by atoms with van der Waals surface area (Å²) in [5.74, 6) is -0.257. The van der Waals surface area contributed by atoms with Crippen LogP contribution in [0.1, 0.15) is 24.2 Å². The van der Waals surface area contributed by atoms with Crippen LogP contribution in [0.25, 0.3) is 16.6 Å². The van der Waals surface area contributed by atoms with Gasteiger partial charge in [-0.3, -0.25) is 14.2 Å². The highest BCUT2D eigenvalue weighted by molar-refractivity contribution is 5.84. The first-order valence-corrected chi connectivity index (χ1v) is 7.90. The molecule has 6 heteroatoms. The first kappa shape index (κ1) is 16.7. The van der Waals surface area contributed by atoms with Crippen molar-refractivity contribution in [3.8, 4) is 11.4 Å². The summed E-state index contributed by atoms with van der Waals surface area (Å²) >= 11 is 0. The number of fused-ring (bicyclic) bond motifs is 1. The average Bonchev–Trinajstić information content (AvgIpc) is 2.61. The van der Waals surface area contributed by atoms with E-state index >= 15 is 0 Å². The predicted octanol–water partition coefficient (Wildman–Crippen LogP) is 2.29. The molecule has 1 atom stereocenters. The Morgan fingerprint density at radius 1 is 1.20 bits per heavy atom. The van der Waals surface area contributed by atoms with Crippen LogP contribution in [-0.2, 0) is 4.79 Å². The topological polar surface area (TPSA) is 87.2 Å². The lowest BCUT2D eigenvalue weighted by Crippen LogP contribution is -2.30. The lowest BCUT2D eigenvalue weighted by molar-refractivity contribution is -0.119. The van der Waals surface area contributed by atoms with Crippen molar-refractivity contribution >= 4 is 16.8 Å². The highest BCUT2D eigenvalue weighted by Gasteiger charge is 2.22. The molecule has 0 aliphatic heterocycles. The maximum absolute atomic E-state index is 13.2. The van der Waals surface area contributed by atoms with Gasteiger partial charge in [-0.05, 0) is 49.7 Å². The summed E-state index contributed by atoms with van der Waals surface area (Å²) in [4.78, 5) is 29.5. The summed E-state index contributed by atoms with van der Waals surface area (Å²) in [7, 11) is 1.57. The number of rotatable bonds is 4. The van der Waals surface area contributed by atoms with Crippen molar-refractivity contribution in [1.82, 2.24) is 9.55 Å². The van der Waals surface area contributed by atoms with Gasteiger partial charge in [-0.2, -0.15) is 0 Å². The molecule has 2 N–H and O–H groups in total. The quantitative estimate of drug-likeness (QED) is 0.791. The van der Waals surface area contributed by atoms with Crippen LogP contribution >= 0.6 is 0 Å². The van der Waals surface area contributed by atoms with Crippen LogP contribution in [0, 0.1) is 6.92 Å². The van der Waals surface area contributed by atoms with Gasteiger partial charge in [0.05, 0.1) is 29.6 Å². The Hall–Kier alpha value is -3.15. The second kappa shape index (κ2) is 6.39. The van der Waals surface area contributed by atoms with E-state index in [-0.39, 0.29) is 5.56 Å². The monoisotopic (exact) mass is 337 g/mol. The number of methoxy groups -OCH3 is 1. The molecule has 1 amide bonds. The Kier molecular flexibility index (Phi) is 4.27. The SMILES string of the molecule is COc1ccc(-n2c(C(C)C(N)=O)nc3cccc(C)c3c2=O)cc1. The summed E-state index contributed by atoms with van der Waals surface area (Å²) in [6, 6.07) is 12.5. The molecule has 1 unspecified atom stereocenters. The molecule has 0 aliphatic rings. The van der Waals surface area contributed by atoms with Gasteiger partial charge in [-0.25, -0.2) is 4.98 Å². The van der Waals surface area contributed by atoms with Crippen LogP contribution in [0.5, 0.6) is 5.75 Å². The van der Waals surface area contributed by atoms with Crippen LogP contribution in [0.2, 0.25) is 0 Å². The van der Waals surface area contributed by atoms with E-state index in [1.807, 2.05) is 19.1 Å². The van der Waals surface area contributed by atoms with Crippen molar-refractivity contribution in [1.29, 1.82) is 0 Å². The zero-order valence-corrected chi connectivity index (χ0v) is 14.3. The third-order valence-electron chi connectivity index (χ3n) is 4.28. The number of hydrogen-bond donors (Lipinski definition) is 1. The minimum atomic E-state index is -0.709. The second-order valence-corrected chi connectivity index (χ2v) is 5.90. The standard InChI is InChI=1S/C19H19N3O3/c1-11-5-4-6-15-16(11)19(24)22(18(21-15)12(2)17(20)23)13-7-9-14(25-3)10-8-13/h4-10,12H,1-3H3,(H2,20,23). The normalized spacial score (nSPS) is 12.1. The van der Waals surface area contributed by atoms with E-state index in [9.17, 15) is 9.59 Å². The smallest absolute Gasteiger partial charge is 0.266 e. The summed E-state index contributed by atoms with van der Waals surface area (Å²) < 4.78 is 6.61. The first-order valence-electron chi connectivity index (χ1n) is 7.90. The molecule has 0 fully saturated rings. The number of nitrogens with two attached hydrogens (primary N) is 1. The van der Waals surface area contributed by atoms with Crippen molar-refractivity contribution in [3.63, 3.8) is 0 Å². The molecule has 25 heavy (non-hydrogen) atoms. The Labute approximate surface area is 144 Å². The van der Waals surface area contributed by atoms with E-state index in [2.05, 4.69) is 4.98 Å². The minimum absolute atomic E-state index is 0.226. The van der Waals surface area contributed by atoms with E-state index in [1.165, 1.54) is 4.57 Å². The maximum Gasteiger partial charge on any atom is 0.266 e. The van der Waals surface area contributed by atoms with Crippen molar-refractivity contribution in [2.75, 3.05) is 7.11 Å². The summed E-state index contributed by atoms with van der Waals surface area (Å²) in [5.41, 5.74) is 7.23. The Bertz CT molecular complexity index is 1010. The highest BCUT2D eigenvalue weighted by Crippen LogP contribution is 2.22. The Morgan fingerprint density at radius 3 is 2.48 bits per heavy atom. The second-order valence-electron chi connectivity index (χ2n) is 5.90. The number of carbonyl (C=O) groups excluding carboxylic acids is 1. The lowest BCUT2D eigenvalue weighted by Gasteiger charge is -2.17. The van der Waals surface area contributed by atoms with Crippen LogP contribution < -0.4 is 16.0 Å². The van der Waals surface area contributed by atoms with Gasteiger partial charge < -0.3 is 10.5 Å². The summed E-state index contributed by atoms with van der Waals surface area (Å²) in [5, 5.41) is 0.527. The van der Waals surface area contributed by atoms with Crippen LogP contribution in [0.4, 0.5) is 0 Å². The van der Waals surface area contributed by atoms with Gasteiger partial charge in [-0.1, -0.05) is 12.1 Å². The average molecular weight is 337 g/mol. The first-order chi connectivity index (χ1) is 11.9. The van der Waals surface area contributed by atoms with E-state index in [0.717, 1.165) is 5.56 Å². The minimum Gasteiger partial charge on any atom is -0.497 e. The fourth-order valence-electron chi connectivity index (χ4n) is 2.81. The van der Waals surface area contributed by atoms with Gasteiger partial charge in [0.25, 0.3) is 5.56 Å². The third-order valence-corrected chi connectivity index (χ3v) is 4.28. The molecule has 0 radical (unpaired) electrons. The molecule has 3 aromatic rings. The number of amides is 1. The predicted molar refractivity (Wildman–Crippen MR) is 96.2 cm³/mol. The molecular weight excluding hydrogens is 318 g/mol. The number of aryl methyl sites for hydroxylation is 1. The highest BCUT2D eigenvalue weighted by atomic mass is 16.5. The van der Waals surface area contributed by atoms with Crippen molar-refractivity contribution < 1.29 is 9.53 Å². The number of aromatic nitrogens is 2. The largest absolute Gasteiger partial charge is 0.497 e. The van der Waals surface area contributed by atoms with Gasteiger partial charge in [0, 0.05) is 0 Å². The summed E-state index contributed by atoms with van der Waals surface area (Å²) in [6.07, 6.45) is 0. The molecule has 0 saturated heterocycles. The van der Waals surface area contributed by atoms with E-state index in [0.29, 0.717) is 28.2 Å². The number of primary amides is 1. The molecule has 0 saturated carbocycles. The molecule has 128 valence electrons. The van der Waals surface area contributed by atoms with Crippen LogP contribution in [0.15, 0.2) is 47.3 Å². The lowest BCUT2D eigenvalue weighted by atomic mass is 10.1. The van der Waals surface area contributed by atoms with E-state index in [4.69, 9.17) is 10.5 Å². The number of ether oxygens (including phenoxy) is 1. The molecule has 3 rings (SSSR count). The Balaban J connectivity index is 2.38. The number of benzene rings is 2. The zero-order chi connectivity index (χ0) is 18.1. The molecule has 0 aliphatic carbocycles. The van der Waals surface area contributed by atoms with Crippen LogP contribution in [0.3, 0.4) is 0 Å². The Morgan fingerprint density at radius 2 is 1.88 bits per heavy atom. The van der Waals surface area contributed by atoms with E-state index in [1.54, 1.807) is 44.4 Å². The molecule has 2 aromatic carbocycles.